The summed E-state index contributed by atoms with van der Waals surface area (Å²) < 4.78 is 1.87. The Morgan fingerprint density at radius 2 is 2.12 bits per heavy atom. The third-order valence-electron chi connectivity index (χ3n) is 2.31. The molecule has 3 heteroatoms. The monoisotopic (exact) mass is 229 g/mol. The van der Waals surface area contributed by atoms with Crippen LogP contribution in [0.25, 0.3) is 11.2 Å². The number of hydrogen-bond donors (Lipinski definition) is 1. The van der Waals surface area contributed by atoms with Crippen molar-refractivity contribution in [1.82, 2.24) is 9.38 Å². The largest absolute Gasteiger partial charge is 0.383 e. The molecule has 0 aliphatic rings. The second kappa shape index (κ2) is 5.89. The van der Waals surface area contributed by atoms with Gasteiger partial charge in [-0.05, 0) is 24.6 Å². The molecule has 0 aliphatic heterocycles. The molecule has 0 amide bonds. The first-order valence-corrected chi connectivity index (χ1v) is 5.76. The molecule has 0 unspecified atom stereocenters. The van der Waals surface area contributed by atoms with Crippen LogP contribution in [0.5, 0.6) is 0 Å². The van der Waals surface area contributed by atoms with E-state index in [-0.39, 0.29) is 0 Å². The van der Waals surface area contributed by atoms with Crippen molar-refractivity contribution in [2.45, 2.75) is 20.8 Å². The number of imidazole rings is 1. The third-order valence-corrected chi connectivity index (χ3v) is 2.31. The second-order valence-electron chi connectivity index (χ2n) is 3.36. The average molecular weight is 229 g/mol. The summed E-state index contributed by atoms with van der Waals surface area (Å²) in [7, 11) is 0. The highest BCUT2D eigenvalue weighted by atomic mass is 15.1. The molecule has 2 heterocycles. The fourth-order valence-corrected chi connectivity index (χ4v) is 1.56. The number of pyridine rings is 1. The van der Waals surface area contributed by atoms with Gasteiger partial charge >= 0.3 is 0 Å². The molecule has 0 spiro atoms. The van der Waals surface area contributed by atoms with Crippen LogP contribution in [0, 0.1) is 0 Å². The van der Waals surface area contributed by atoms with Gasteiger partial charge in [0, 0.05) is 6.20 Å². The molecule has 0 radical (unpaired) electrons. The molecule has 2 N–H and O–H groups in total. The Morgan fingerprint density at radius 3 is 2.71 bits per heavy atom. The van der Waals surface area contributed by atoms with Gasteiger partial charge < -0.3 is 5.73 Å². The van der Waals surface area contributed by atoms with Gasteiger partial charge in [0.2, 0.25) is 0 Å². The lowest BCUT2D eigenvalue weighted by Gasteiger charge is -1.97. The first kappa shape index (κ1) is 13.0. The topological polar surface area (TPSA) is 43.3 Å². The van der Waals surface area contributed by atoms with Gasteiger partial charge in [-0.3, -0.25) is 4.40 Å². The first-order chi connectivity index (χ1) is 8.24. The molecule has 0 bridgehead atoms. The molecule has 90 valence electrons. The van der Waals surface area contributed by atoms with Crippen LogP contribution >= 0.6 is 0 Å². The Kier molecular flexibility index (Phi) is 4.52. The van der Waals surface area contributed by atoms with Gasteiger partial charge in [-0.15, -0.1) is 0 Å². The summed E-state index contributed by atoms with van der Waals surface area (Å²) in [5.41, 5.74) is 8.70. The lowest BCUT2D eigenvalue weighted by molar-refractivity contribution is 1.20. The predicted molar refractivity (Wildman–Crippen MR) is 74.8 cm³/mol. The van der Waals surface area contributed by atoms with Gasteiger partial charge in [0.25, 0.3) is 0 Å². The van der Waals surface area contributed by atoms with Crippen LogP contribution in [0.1, 0.15) is 26.5 Å². The van der Waals surface area contributed by atoms with Crippen LogP contribution in [0.4, 0.5) is 5.82 Å². The van der Waals surface area contributed by atoms with Crippen LogP contribution in [0.2, 0.25) is 0 Å². The Labute approximate surface area is 102 Å². The van der Waals surface area contributed by atoms with Gasteiger partial charge in [-0.1, -0.05) is 38.6 Å². The number of hydrogen-bond acceptors (Lipinski definition) is 2. The number of rotatable bonds is 2. The maximum atomic E-state index is 6.00. The summed E-state index contributed by atoms with van der Waals surface area (Å²) in [5, 5.41) is 0. The molecule has 0 saturated carbocycles. The molecule has 2 aromatic rings. The van der Waals surface area contributed by atoms with Gasteiger partial charge in [0.15, 0.2) is 0 Å². The fraction of sp³-hybridized carbons (Fsp3) is 0.214. The van der Waals surface area contributed by atoms with Crippen molar-refractivity contribution in [2.24, 2.45) is 0 Å². The molecule has 0 atom stereocenters. The van der Waals surface area contributed by atoms with Crippen molar-refractivity contribution in [2.75, 3.05) is 5.73 Å². The molecule has 0 fully saturated rings. The van der Waals surface area contributed by atoms with Crippen molar-refractivity contribution < 1.29 is 0 Å². The SMILES string of the molecule is C=C/C=C(\C)c1nc2ccccn2c1N.CC. The number of nitrogen functional groups attached to an aromatic ring is 1. The molecule has 2 rings (SSSR count). The molecular formula is C14H19N3. The third kappa shape index (κ3) is 2.56. The predicted octanol–water partition coefficient (Wildman–Crippen LogP) is 3.53. The summed E-state index contributed by atoms with van der Waals surface area (Å²) in [4.78, 5) is 4.45. The van der Waals surface area contributed by atoms with Crippen molar-refractivity contribution in [3.05, 3.63) is 48.8 Å². The Bertz CT molecular complexity index is 535. The molecular weight excluding hydrogens is 210 g/mol. The summed E-state index contributed by atoms with van der Waals surface area (Å²) in [6, 6.07) is 5.81. The van der Waals surface area contributed by atoms with E-state index in [0.29, 0.717) is 5.82 Å². The van der Waals surface area contributed by atoms with Crippen molar-refractivity contribution in [3.8, 4) is 0 Å². The van der Waals surface area contributed by atoms with Crippen molar-refractivity contribution in [3.63, 3.8) is 0 Å². The van der Waals surface area contributed by atoms with E-state index in [2.05, 4.69) is 11.6 Å². The fourth-order valence-electron chi connectivity index (χ4n) is 1.56. The Balaban J connectivity index is 0.000000686. The number of nitrogens with zero attached hydrogens (tertiary/aromatic N) is 2. The van der Waals surface area contributed by atoms with Gasteiger partial charge in [-0.2, -0.15) is 0 Å². The number of allylic oxidation sites excluding steroid dienone is 3. The number of fused-ring (bicyclic) bond motifs is 1. The Hall–Kier alpha value is -2.03. The molecule has 3 nitrogen and oxygen atoms in total. The maximum absolute atomic E-state index is 6.00. The van der Waals surface area contributed by atoms with E-state index < -0.39 is 0 Å². The van der Waals surface area contributed by atoms with Crippen molar-refractivity contribution >= 4 is 17.0 Å². The molecule has 0 aromatic carbocycles. The highest BCUT2D eigenvalue weighted by Crippen LogP contribution is 2.21. The van der Waals surface area contributed by atoms with Gasteiger partial charge in [0.1, 0.15) is 17.2 Å². The minimum atomic E-state index is 0.668. The maximum Gasteiger partial charge on any atom is 0.139 e. The van der Waals surface area contributed by atoms with Crippen LogP contribution in [-0.4, -0.2) is 9.38 Å². The Morgan fingerprint density at radius 1 is 1.41 bits per heavy atom. The zero-order valence-corrected chi connectivity index (χ0v) is 10.6. The first-order valence-electron chi connectivity index (χ1n) is 5.76. The minimum absolute atomic E-state index is 0.668. The average Bonchev–Trinajstić information content (AvgIpc) is 2.70. The van der Waals surface area contributed by atoms with Crippen LogP contribution in [0.3, 0.4) is 0 Å². The van der Waals surface area contributed by atoms with E-state index >= 15 is 0 Å². The van der Waals surface area contributed by atoms with Crippen LogP contribution < -0.4 is 5.73 Å². The molecule has 0 aliphatic carbocycles. The van der Waals surface area contributed by atoms with E-state index in [9.17, 15) is 0 Å². The van der Waals surface area contributed by atoms with Gasteiger partial charge in [-0.25, -0.2) is 4.98 Å². The van der Waals surface area contributed by atoms with E-state index in [4.69, 9.17) is 5.73 Å². The lowest BCUT2D eigenvalue weighted by Crippen LogP contribution is -1.94. The quantitative estimate of drug-likeness (QED) is 0.800. The summed E-state index contributed by atoms with van der Waals surface area (Å²) in [6.07, 6.45) is 5.54. The van der Waals surface area contributed by atoms with E-state index in [1.54, 1.807) is 6.08 Å². The zero-order valence-electron chi connectivity index (χ0n) is 10.6. The lowest BCUT2D eigenvalue weighted by atomic mass is 10.2. The van der Waals surface area contributed by atoms with E-state index in [1.807, 2.05) is 55.6 Å². The minimum Gasteiger partial charge on any atom is -0.383 e. The molecule has 0 saturated heterocycles. The standard InChI is InChI=1S/C12H13N3.C2H6/c1-3-6-9(2)11-12(13)15-8-5-4-7-10(15)14-11;1-2/h3-8H,1,13H2,2H3;1-2H3/b9-6+;. The number of anilines is 1. The summed E-state index contributed by atoms with van der Waals surface area (Å²) >= 11 is 0. The smallest absolute Gasteiger partial charge is 0.139 e. The molecule has 2 aromatic heterocycles. The highest BCUT2D eigenvalue weighted by molar-refractivity contribution is 5.73. The second-order valence-corrected chi connectivity index (χ2v) is 3.36. The van der Waals surface area contributed by atoms with Crippen molar-refractivity contribution in [1.29, 1.82) is 0 Å². The molecule has 17 heavy (non-hydrogen) atoms. The normalized spacial score (nSPS) is 10.9. The van der Waals surface area contributed by atoms with Crippen LogP contribution in [-0.2, 0) is 0 Å². The summed E-state index contributed by atoms with van der Waals surface area (Å²) in [5.74, 6) is 0.668. The number of aromatic nitrogens is 2. The van der Waals surface area contributed by atoms with E-state index in [0.717, 1.165) is 16.9 Å². The highest BCUT2D eigenvalue weighted by Gasteiger charge is 2.08. The number of nitrogens with two attached hydrogens (primary N) is 1. The van der Waals surface area contributed by atoms with E-state index in [1.165, 1.54) is 0 Å². The summed E-state index contributed by atoms with van der Waals surface area (Å²) in [6.45, 7) is 9.63. The zero-order chi connectivity index (χ0) is 12.8. The van der Waals surface area contributed by atoms with Crippen LogP contribution in [0.15, 0.2) is 43.1 Å². The van der Waals surface area contributed by atoms with Gasteiger partial charge in [0.05, 0.1) is 0 Å².